The summed E-state index contributed by atoms with van der Waals surface area (Å²) in [6, 6.07) is 14.5. The summed E-state index contributed by atoms with van der Waals surface area (Å²) in [6.07, 6.45) is 1.40. The number of halogens is 1. The SMILES string of the molecule is CC[C@@H](C)OC(=O)C1=C(C)NC2=C(C(=O)C[C@@H](c3ccc(Cl)cc3)C2)[C@H]1c1ccc(OC(C)=O)cc1. The molecular formula is C29H30ClNO5. The molecule has 36 heavy (non-hydrogen) atoms. The summed E-state index contributed by atoms with van der Waals surface area (Å²) in [7, 11) is 0. The van der Waals surface area contributed by atoms with Crippen molar-refractivity contribution < 1.29 is 23.9 Å². The van der Waals surface area contributed by atoms with E-state index < -0.39 is 17.9 Å². The fraction of sp³-hybridized carbons (Fsp3) is 0.345. The van der Waals surface area contributed by atoms with Crippen LogP contribution in [0, 0.1) is 0 Å². The molecule has 2 aromatic carbocycles. The van der Waals surface area contributed by atoms with Gasteiger partial charge in [-0.05, 0) is 68.0 Å². The highest BCUT2D eigenvalue weighted by Crippen LogP contribution is 2.46. The lowest BCUT2D eigenvalue weighted by molar-refractivity contribution is -0.144. The summed E-state index contributed by atoms with van der Waals surface area (Å²) >= 11 is 6.06. The molecule has 3 atom stereocenters. The summed E-state index contributed by atoms with van der Waals surface area (Å²) in [5.41, 5.74) is 4.30. The number of rotatable bonds is 6. The molecule has 0 amide bonds. The van der Waals surface area contributed by atoms with E-state index in [1.165, 1.54) is 6.92 Å². The minimum absolute atomic E-state index is 0.00873. The third-order valence-corrected chi connectivity index (χ3v) is 7.00. The Kier molecular flexibility index (Phi) is 7.65. The van der Waals surface area contributed by atoms with E-state index in [0.717, 1.165) is 16.8 Å². The summed E-state index contributed by atoms with van der Waals surface area (Å²) in [4.78, 5) is 38.4. The molecule has 0 aromatic heterocycles. The van der Waals surface area contributed by atoms with Crippen LogP contribution in [-0.4, -0.2) is 23.8 Å². The summed E-state index contributed by atoms with van der Waals surface area (Å²) in [5.74, 6) is -1.05. The monoisotopic (exact) mass is 507 g/mol. The number of esters is 2. The van der Waals surface area contributed by atoms with E-state index in [4.69, 9.17) is 21.1 Å². The van der Waals surface area contributed by atoms with E-state index in [1.54, 1.807) is 24.3 Å². The normalized spacial score (nSPS) is 20.4. The topological polar surface area (TPSA) is 81.7 Å². The molecule has 1 aliphatic carbocycles. The molecule has 1 aliphatic heterocycles. The first kappa shape index (κ1) is 25.7. The Bertz CT molecular complexity index is 1240. The lowest BCUT2D eigenvalue weighted by atomic mass is 9.71. The number of hydrogen-bond donors (Lipinski definition) is 1. The Hall–Kier alpha value is -3.38. The number of Topliss-reactive ketones (excluding diaryl/α,β-unsaturated/α-hetero) is 1. The van der Waals surface area contributed by atoms with Crippen molar-refractivity contribution in [3.8, 4) is 5.75 Å². The molecule has 188 valence electrons. The molecule has 2 aromatic rings. The van der Waals surface area contributed by atoms with Gasteiger partial charge in [0, 0.05) is 41.3 Å². The molecular weight excluding hydrogens is 478 g/mol. The number of ketones is 1. The minimum atomic E-state index is -0.581. The molecule has 4 rings (SSSR count). The van der Waals surface area contributed by atoms with E-state index in [1.807, 2.05) is 45.0 Å². The number of carbonyl (C=O) groups excluding carboxylic acids is 3. The van der Waals surface area contributed by atoms with Crippen molar-refractivity contribution >= 4 is 29.3 Å². The standard InChI is InChI=1S/C29H30ClNO5/c1-5-16(2)35-29(34)26-17(3)31-24-14-21(19-6-10-22(30)11-7-19)15-25(33)28(24)27(26)20-8-12-23(13-9-20)36-18(4)32/h6-13,16,21,27,31H,5,14-15H2,1-4H3/t16-,21+,27+/m1/s1. The van der Waals surface area contributed by atoms with Gasteiger partial charge in [0.1, 0.15) is 5.75 Å². The number of ether oxygens (including phenoxy) is 2. The van der Waals surface area contributed by atoms with E-state index in [0.29, 0.717) is 46.9 Å². The second kappa shape index (κ2) is 10.7. The van der Waals surface area contributed by atoms with E-state index in [-0.39, 0.29) is 17.8 Å². The average molecular weight is 508 g/mol. The largest absolute Gasteiger partial charge is 0.459 e. The first-order valence-corrected chi connectivity index (χ1v) is 12.5. The van der Waals surface area contributed by atoms with Crippen LogP contribution >= 0.6 is 11.6 Å². The summed E-state index contributed by atoms with van der Waals surface area (Å²) in [6.45, 7) is 6.98. The Balaban J connectivity index is 1.76. The number of carbonyl (C=O) groups is 3. The fourth-order valence-corrected chi connectivity index (χ4v) is 4.96. The van der Waals surface area contributed by atoms with Crippen LogP contribution in [0.25, 0.3) is 0 Å². The average Bonchev–Trinajstić information content (AvgIpc) is 2.83. The van der Waals surface area contributed by atoms with Crippen molar-refractivity contribution in [2.45, 2.75) is 64.9 Å². The van der Waals surface area contributed by atoms with Gasteiger partial charge in [0.25, 0.3) is 0 Å². The number of dihydropyridines is 1. The van der Waals surface area contributed by atoms with Crippen LogP contribution < -0.4 is 10.1 Å². The van der Waals surface area contributed by atoms with Crippen LogP contribution in [0.3, 0.4) is 0 Å². The molecule has 0 bridgehead atoms. The third-order valence-electron chi connectivity index (χ3n) is 6.75. The van der Waals surface area contributed by atoms with Gasteiger partial charge in [0.15, 0.2) is 5.78 Å². The zero-order chi connectivity index (χ0) is 26.0. The molecule has 0 radical (unpaired) electrons. The maximum atomic E-state index is 13.7. The Morgan fingerprint density at radius 3 is 2.31 bits per heavy atom. The second-order valence-electron chi connectivity index (χ2n) is 9.36. The lowest BCUT2D eigenvalue weighted by Gasteiger charge is -2.37. The van der Waals surface area contributed by atoms with Gasteiger partial charge in [-0.2, -0.15) is 0 Å². The van der Waals surface area contributed by atoms with Gasteiger partial charge in [-0.15, -0.1) is 0 Å². The summed E-state index contributed by atoms with van der Waals surface area (Å²) < 4.78 is 10.9. The van der Waals surface area contributed by atoms with Gasteiger partial charge in [-0.1, -0.05) is 42.8 Å². The van der Waals surface area contributed by atoms with Crippen molar-refractivity contribution in [1.82, 2.24) is 5.32 Å². The van der Waals surface area contributed by atoms with Gasteiger partial charge in [-0.25, -0.2) is 4.79 Å². The molecule has 0 saturated carbocycles. The van der Waals surface area contributed by atoms with Gasteiger partial charge in [-0.3, -0.25) is 9.59 Å². The number of allylic oxidation sites excluding steroid dienone is 3. The molecule has 0 spiro atoms. The Morgan fingerprint density at radius 1 is 1.06 bits per heavy atom. The predicted octanol–water partition coefficient (Wildman–Crippen LogP) is 5.97. The van der Waals surface area contributed by atoms with E-state index in [9.17, 15) is 14.4 Å². The molecule has 0 saturated heterocycles. The number of nitrogens with one attached hydrogen (secondary N) is 1. The van der Waals surface area contributed by atoms with E-state index >= 15 is 0 Å². The highest BCUT2D eigenvalue weighted by Gasteiger charge is 2.41. The summed E-state index contributed by atoms with van der Waals surface area (Å²) in [5, 5.41) is 4.01. The fourth-order valence-electron chi connectivity index (χ4n) is 4.84. The molecule has 0 unspecified atom stereocenters. The lowest BCUT2D eigenvalue weighted by Crippen LogP contribution is -2.36. The number of hydrogen-bond acceptors (Lipinski definition) is 6. The first-order valence-electron chi connectivity index (χ1n) is 12.2. The van der Waals surface area contributed by atoms with Crippen LogP contribution in [0.4, 0.5) is 0 Å². The maximum Gasteiger partial charge on any atom is 0.337 e. The maximum absolute atomic E-state index is 13.7. The smallest absolute Gasteiger partial charge is 0.337 e. The third kappa shape index (κ3) is 5.39. The van der Waals surface area contributed by atoms with Gasteiger partial charge >= 0.3 is 11.9 Å². The molecule has 0 fully saturated rings. The van der Waals surface area contributed by atoms with Crippen LogP contribution in [0.15, 0.2) is 71.1 Å². The minimum Gasteiger partial charge on any atom is -0.459 e. The van der Waals surface area contributed by atoms with Crippen molar-refractivity contribution in [1.29, 1.82) is 0 Å². The van der Waals surface area contributed by atoms with Crippen molar-refractivity contribution in [2.24, 2.45) is 0 Å². The first-order chi connectivity index (χ1) is 17.2. The zero-order valence-electron chi connectivity index (χ0n) is 20.9. The predicted molar refractivity (Wildman–Crippen MR) is 138 cm³/mol. The number of benzene rings is 2. The molecule has 6 nitrogen and oxygen atoms in total. The van der Waals surface area contributed by atoms with Crippen molar-refractivity contribution in [3.63, 3.8) is 0 Å². The molecule has 2 aliphatic rings. The van der Waals surface area contributed by atoms with Crippen molar-refractivity contribution in [3.05, 3.63) is 87.2 Å². The van der Waals surface area contributed by atoms with Crippen molar-refractivity contribution in [2.75, 3.05) is 0 Å². The van der Waals surface area contributed by atoms with Gasteiger partial charge in [0.2, 0.25) is 0 Å². The quantitative estimate of drug-likeness (QED) is 0.383. The Morgan fingerprint density at radius 2 is 1.69 bits per heavy atom. The second-order valence-corrected chi connectivity index (χ2v) is 9.79. The zero-order valence-corrected chi connectivity index (χ0v) is 21.6. The van der Waals surface area contributed by atoms with Crippen LogP contribution in [0.5, 0.6) is 5.75 Å². The molecule has 1 heterocycles. The molecule has 1 N–H and O–H groups in total. The van der Waals surface area contributed by atoms with Gasteiger partial charge in [0.05, 0.1) is 11.7 Å². The van der Waals surface area contributed by atoms with Crippen LogP contribution in [0.2, 0.25) is 5.02 Å². The Labute approximate surface area is 216 Å². The van der Waals surface area contributed by atoms with Crippen LogP contribution in [-0.2, 0) is 19.1 Å². The highest BCUT2D eigenvalue weighted by molar-refractivity contribution is 6.30. The molecule has 7 heteroatoms. The highest BCUT2D eigenvalue weighted by atomic mass is 35.5. The van der Waals surface area contributed by atoms with Gasteiger partial charge < -0.3 is 14.8 Å². The van der Waals surface area contributed by atoms with Crippen LogP contribution in [0.1, 0.15) is 69.9 Å². The van der Waals surface area contributed by atoms with E-state index in [2.05, 4.69) is 5.32 Å².